The molecule has 2 amide bonds. The molecule has 0 radical (unpaired) electrons. The molecular weight excluding hydrogens is 471 g/mol. The number of alkyl carbamates (subject to hydrolysis) is 1. The molecule has 0 aliphatic carbocycles. The molecule has 37 heavy (non-hydrogen) atoms. The van der Waals surface area contributed by atoms with Crippen molar-refractivity contribution in [3.63, 3.8) is 0 Å². The number of hydrogen-bond donors (Lipinski definition) is 2. The molecule has 1 aliphatic rings. The highest BCUT2D eigenvalue weighted by Crippen LogP contribution is 2.50. The summed E-state index contributed by atoms with van der Waals surface area (Å²) in [5.41, 5.74) is -1.62. The molecule has 0 saturated heterocycles. The molecule has 5 rings (SSSR count). The predicted octanol–water partition coefficient (Wildman–Crippen LogP) is 6.00. The van der Waals surface area contributed by atoms with E-state index >= 15 is 4.39 Å². The first-order chi connectivity index (χ1) is 17.6. The fraction of sp³-hybridized carbons (Fsp3) is 0.200. The Labute approximate surface area is 214 Å². The summed E-state index contributed by atoms with van der Waals surface area (Å²) < 4.78 is 21.0. The summed E-state index contributed by atoms with van der Waals surface area (Å²) in [6, 6.07) is 24.0. The summed E-state index contributed by atoms with van der Waals surface area (Å²) in [5, 5.41) is 15.4. The summed E-state index contributed by atoms with van der Waals surface area (Å²) in [6.07, 6.45) is -0.870. The molecule has 0 aromatic heterocycles. The lowest BCUT2D eigenvalue weighted by molar-refractivity contribution is -0.123. The number of hydrogen-bond acceptors (Lipinski definition) is 4. The number of ether oxygens (including phenoxy) is 1. The third-order valence-corrected chi connectivity index (χ3v) is 6.40. The van der Waals surface area contributed by atoms with E-state index < -0.39 is 29.0 Å². The summed E-state index contributed by atoms with van der Waals surface area (Å²) in [6.45, 7) is 5.19. The monoisotopic (exact) mass is 498 g/mol. The SMILES string of the molecule is CC(C)(C)OC(=O)N[C@]1(c2ccc3ccccc3c2O)C(=O)N(Cc2ccccc2)c2c(F)cccc21. The molecule has 6 nitrogen and oxygen atoms in total. The van der Waals surface area contributed by atoms with Gasteiger partial charge in [0.05, 0.1) is 12.2 Å². The number of halogens is 1. The average Bonchev–Trinajstić information content (AvgIpc) is 3.08. The molecule has 4 aromatic rings. The number of fused-ring (bicyclic) bond motifs is 2. The number of rotatable bonds is 4. The van der Waals surface area contributed by atoms with Crippen molar-refractivity contribution in [1.29, 1.82) is 0 Å². The first-order valence-electron chi connectivity index (χ1n) is 12.0. The van der Waals surface area contributed by atoms with E-state index in [2.05, 4.69) is 5.32 Å². The lowest BCUT2D eigenvalue weighted by Gasteiger charge is -2.32. The summed E-state index contributed by atoms with van der Waals surface area (Å²) in [7, 11) is 0. The fourth-order valence-corrected chi connectivity index (χ4v) is 4.89. The van der Waals surface area contributed by atoms with E-state index in [9.17, 15) is 14.7 Å². The molecule has 188 valence electrons. The summed E-state index contributed by atoms with van der Waals surface area (Å²) in [4.78, 5) is 28.9. The Morgan fingerprint density at radius 1 is 0.946 bits per heavy atom. The van der Waals surface area contributed by atoms with Crippen LogP contribution < -0.4 is 10.2 Å². The molecule has 4 aromatic carbocycles. The van der Waals surface area contributed by atoms with Gasteiger partial charge in [-0.25, -0.2) is 9.18 Å². The van der Waals surface area contributed by atoms with Gasteiger partial charge >= 0.3 is 6.09 Å². The third kappa shape index (κ3) is 4.16. The van der Waals surface area contributed by atoms with Gasteiger partial charge in [-0.05, 0) is 37.8 Å². The van der Waals surface area contributed by atoms with Crippen molar-refractivity contribution in [2.45, 2.75) is 38.5 Å². The van der Waals surface area contributed by atoms with Gasteiger partial charge in [0, 0.05) is 16.5 Å². The number of anilines is 1. The van der Waals surface area contributed by atoms with E-state index in [4.69, 9.17) is 4.74 Å². The molecule has 0 unspecified atom stereocenters. The highest BCUT2D eigenvalue weighted by molar-refractivity contribution is 6.12. The van der Waals surface area contributed by atoms with Gasteiger partial charge in [-0.15, -0.1) is 0 Å². The van der Waals surface area contributed by atoms with Crippen LogP contribution in [-0.2, 0) is 21.6 Å². The van der Waals surface area contributed by atoms with Gasteiger partial charge in [0.2, 0.25) is 0 Å². The van der Waals surface area contributed by atoms with Crippen molar-refractivity contribution in [3.8, 4) is 5.75 Å². The molecule has 0 spiro atoms. The van der Waals surface area contributed by atoms with E-state index in [1.807, 2.05) is 42.5 Å². The standard InChI is InChI=1S/C30H27FN2O4/c1-29(2,3)37-28(36)32-30(23-17-16-20-12-7-8-13-21(20)26(23)34)22-14-9-15-24(31)25(22)33(27(30)35)18-19-10-5-4-6-11-19/h4-17,34H,18H2,1-3H3,(H,32,36)/t30-/m1/s1. The van der Waals surface area contributed by atoms with Crippen LogP contribution in [0.1, 0.15) is 37.5 Å². The highest BCUT2D eigenvalue weighted by atomic mass is 19.1. The Balaban J connectivity index is 1.76. The van der Waals surface area contributed by atoms with Crippen molar-refractivity contribution in [2.24, 2.45) is 0 Å². The summed E-state index contributed by atoms with van der Waals surface area (Å²) >= 11 is 0. The van der Waals surface area contributed by atoms with Crippen LogP contribution in [0.15, 0.2) is 84.9 Å². The molecule has 0 saturated carbocycles. The van der Waals surface area contributed by atoms with E-state index in [0.717, 1.165) is 10.9 Å². The highest BCUT2D eigenvalue weighted by Gasteiger charge is 2.56. The lowest BCUT2D eigenvalue weighted by Crippen LogP contribution is -2.54. The van der Waals surface area contributed by atoms with Crippen molar-refractivity contribution in [1.82, 2.24) is 5.32 Å². The second kappa shape index (κ2) is 8.92. The Morgan fingerprint density at radius 3 is 2.38 bits per heavy atom. The van der Waals surface area contributed by atoms with Crippen molar-refractivity contribution >= 4 is 28.5 Å². The molecular formula is C30H27FN2O4. The van der Waals surface area contributed by atoms with E-state index in [0.29, 0.717) is 5.39 Å². The number of aromatic hydroxyl groups is 1. The van der Waals surface area contributed by atoms with E-state index in [1.165, 1.54) is 17.0 Å². The number of phenols is 1. The van der Waals surface area contributed by atoms with Crippen molar-refractivity contribution in [2.75, 3.05) is 4.90 Å². The molecule has 0 fully saturated rings. The molecule has 1 atom stereocenters. The Hall–Kier alpha value is -4.39. The van der Waals surface area contributed by atoms with Crippen LogP contribution in [0.5, 0.6) is 5.75 Å². The molecule has 1 heterocycles. The number of nitrogens with one attached hydrogen (secondary N) is 1. The maximum Gasteiger partial charge on any atom is 0.409 e. The third-order valence-electron chi connectivity index (χ3n) is 6.40. The minimum absolute atomic E-state index is 0.0416. The zero-order chi connectivity index (χ0) is 26.4. The first-order valence-corrected chi connectivity index (χ1v) is 12.0. The maximum absolute atomic E-state index is 15.4. The predicted molar refractivity (Wildman–Crippen MR) is 140 cm³/mol. The number of phenolic OH excluding ortho intramolecular Hbond substituents is 1. The second-order valence-corrected chi connectivity index (χ2v) is 10.1. The van der Waals surface area contributed by atoms with Crippen molar-refractivity contribution < 1.29 is 23.8 Å². The van der Waals surface area contributed by atoms with Gasteiger partial charge in [0.15, 0.2) is 5.54 Å². The quantitative estimate of drug-likeness (QED) is 0.362. The van der Waals surface area contributed by atoms with E-state index in [1.54, 1.807) is 51.1 Å². The molecule has 2 N–H and O–H groups in total. The topological polar surface area (TPSA) is 78.9 Å². The van der Waals surface area contributed by atoms with Crippen LogP contribution in [0, 0.1) is 5.82 Å². The zero-order valence-corrected chi connectivity index (χ0v) is 20.8. The number of amides is 2. The smallest absolute Gasteiger partial charge is 0.409 e. The number of nitrogens with zero attached hydrogens (tertiary/aromatic N) is 1. The number of benzene rings is 4. The largest absolute Gasteiger partial charge is 0.507 e. The van der Waals surface area contributed by atoms with Crippen molar-refractivity contribution in [3.05, 3.63) is 107 Å². The minimum Gasteiger partial charge on any atom is -0.507 e. The van der Waals surface area contributed by atoms with Crippen LogP contribution in [0.4, 0.5) is 14.9 Å². The van der Waals surface area contributed by atoms with Crippen LogP contribution in [0.25, 0.3) is 10.8 Å². The molecule has 0 bridgehead atoms. The van der Waals surface area contributed by atoms with Gasteiger partial charge in [0.25, 0.3) is 5.91 Å². The van der Waals surface area contributed by atoms with Gasteiger partial charge in [-0.3, -0.25) is 10.1 Å². The van der Waals surface area contributed by atoms with Crippen LogP contribution in [0.3, 0.4) is 0 Å². The van der Waals surface area contributed by atoms with Crippen LogP contribution >= 0.6 is 0 Å². The van der Waals surface area contributed by atoms with E-state index in [-0.39, 0.29) is 29.1 Å². The zero-order valence-electron chi connectivity index (χ0n) is 20.8. The van der Waals surface area contributed by atoms with Crippen LogP contribution in [-0.4, -0.2) is 22.7 Å². The van der Waals surface area contributed by atoms with Crippen LogP contribution in [0.2, 0.25) is 0 Å². The van der Waals surface area contributed by atoms with Gasteiger partial charge in [-0.1, -0.05) is 78.9 Å². The second-order valence-electron chi connectivity index (χ2n) is 10.1. The van der Waals surface area contributed by atoms with Gasteiger partial charge in [-0.2, -0.15) is 0 Å². The van der Waals surface area contributed by atoms with Gasteiger partial charge < -0.3 is 14.7 Å². The maximum atomic E-state index is 15.4. The normalized spacial score (nSPS) is 17.1. The average molecular weight is 499 g/mol. The molecule has 1 aliphatic heterocycles. The Morgan fingerprint density at radius 2 is 1.65 bits per heavy atom. The number of carbonyl (C=O) groups excluding carboxylic acids is 2. The fourth-order valence-electron chi connectivity index (χ4n) is 4.89. The van der Waals surface area contributed by atoms with Gasteiger partial charge in [0.1, 0.15) is 17.2 Å². The summed E-state index contributed by atoms with van der Waals surface area (Å²) in [5.74, 6) is -1.40. The number of carbonyl (C=O) groups is 2. The Bertz CT molecular complexity index is 1510. The Kier molecular flexibility index (Phi) is 5.86. The minimum atomic E-state index is -1.93. The molecule has 7 heteroatoms. The number of para-hydroxylation sites is 1. The first kappa shape index (κ1) is 24.3. The lowest BCUT2D eigenvalue weighted by atomic mass is 9.82.